The summed E-state index contributed by atoms with van der Waals surface area (Å²) in [4.78, 5) is -0.0946. The Balaban J connectivity index is 2.51. The van der Waals surface area contributed by atoms with Crippen molar-refractivity contribution in [2.24, 2.45) is 0 Å². The third kappa shape index (κ3) is 2.60. The number of nitrogens with zero attached hydrogens (tertiary/aromatic N) is 2. The fourth-order valence-electron chi connectivity index (χ4n) is 2.24. The molecule has 1 atom stereocenters. The molecule has 19 heavy (non-hydrogen) atoms. The minimum absolute atomic E-state index is 0.0630. The summed E-state index contributed by atoms with van der Waals surface area (Å²) in [5, 5.41) is 18.5. The number of aliphatic hydroxyl groups excluding tert-OH is 1. The Hall–Kier alpha value is -1.13. The Bertz CT molecular complexity index is 624. The molecule has 1 saturated heterocycles. The first kappa shape index (κ1) is 14.3. The largest absolute Gasteiger partial charge is 0.395 e. The van der Waals surface area contributed by atoms with Gasteiger partial charge in [0.05, 0.1) is 12.2 Å². The number of benzene rings is 1. The van der Waals surface area contributed by atoms with E-state index in [-0.39, 0.29) is 22.1 Å². The SMILES string of the molecule is N#Cc1ccc(Cl)cc1S(=O)(=O)N1CCCC1CO. The number of hydrogen-bond donors (Lipinski definition) is 1. The summed E-state index contributed by atoms with van der Waals surface area (Å²) >= 11 is 5.82. The molecule has 1 aliphatic rings. The van der Waals surface area contributed by atoms with E-state index in [0.717, 1.165) is 0 Å². The summed E-state index contributed by atoms with van der Waals surface area (Å²) < 4.78 is 26.3. The molecule has 2 rings (SSSR count). The standard InChI is InChI=1S/C12H13ClN2O3S/c13-10-4-3-9(7-14)12(6-10)19(17,18)15-5-1-2-11(15)8-16/h3-4,6,11,16H,1-2,5,8H2. The van der Waals surface area contributed by atoms with Crippen LogP contribution in [0.3, 0.4) is 0 Å². The molecule has 1 aliphatic heterocycles. The van der Waals surface area contributed by atoms with Gasteiger partial charge in [-0.1, -0.05) is 11.6 Å². The highest BCUT2D eigenvalue weighted by Crippen LogP contribution is 2.29. The minimum Gasteiger partial charge on any atom is -0.395 e. The fraction of sp³-hybridized carbons (Fsp3) is 0.417. The summed E-state index contributed by atoms with van der Waals surface area (Å²) in [5.41, 5.74) is 0.0630. The Labute approximate surface area is 117 Å². The Kier molecular flexibility index (Phi) is 4.11. The molecule has 0 bridgehead atoms. The van der Waals surface area contributed by atoms with Gasteiger partial charge in [0.2, 0.25) is 10.0 Å². The Morgan fingerprint density at radius 3 is 2.89 bits per heavy atom. The molecule has 7 heteroatoms. The summed E-state index contributed by atoms with van der Waals surface area (Å²) in [6.45, 7) is 0.132. The van der Waals surface area contributed by atoms with Crippen LogP contribution in [0.25, 0.3) is 0 Å². The van der Waals surface area contributed by atoms with E-state index in [9.17, 15) is 13.5 Å². The molecule has 0 aromatic heterocycles. The maximum absolute atomic E-state index is 12.5. The summed E-state index contributed by atoms with van der Waals surface area (Å²) in [5.74, 6) is 0. The Morgan fingerprint density at radius 2 is 2.26 bits per heavy atom. The smallest absolute Gasteiger partial charge is 0.244 e. The van der Waals surface area contributed by atoms with Crippen molar-refractivity contribution < 1.29 is 13.5 Å². The van der Waals surface area contributed by atoms with Crippen molar-refractivity contribution in [1.29, 1.82) is 5.26 Å². The maximum Gasteiger partial charge on any atom is 0.244 e. The third-order valence-corrected chi connectivity index (χ3v) is 5.41. The van der Waals surface area contributed by atoms with Crippen LogP contribution in [0.4, 0.5) is 0 Å². The zero-order valence-electron chi connectivity index (χ0n) is 10.1. The first-order chi connectivity index (χ1) is 9.00. The monoisotopic (exact) mass is 300 g/mol. The molecule has 1 unspecified atom stereocenters. The molecule has 1 heterocycles. The molecule has 5 nitrogen and oxygen atoms in total. The van der Waals surface area contributed by atoms with Gasteiger partial charge in [-0.05, 0) is 31.0 Å². The average molecular weight is 301 g/mol. The second-order valence-electron chi connectivity index (χ2n) is 4.35. The number of halogens is 1. The molecule has 102 valence electrons. The van der Waals surface area contributed by atoms with Crippen LogP contribution in [0.5, 0.6) is 0 Å². The number of rotatable bonds is 3. The van der Waals surface area contributed by atoms with Crippen molar-refractivity contribution in [1.82, 2.24) is 4.31 Å². The lowest BCUT2D eigenvalue weighted by atomic mass is 10.2. The number of nitriles is 1. The summed E-state index contributed by atoms with van der Waals surface area (Å²) in [6, 6.07) is 5.58. The van der Waals surface area contributed by atoms with Crippen LogP contribution in [-0.2, 0) is 10.0 Å². The van der Waals surface area contributed by atoms with E-state index in [1.807, 2.05) is 6.07 Å². The number of sulfonamides is 1. The normalized spacial score (nSPS) is 20.4. The van der Waals surface area contributed by atoms with E-state index in [4.69, 9.17) is 16.9 Å². The molecule has 1 aromatic carbocycles. The quantitative estimate of drug-likeness (QED) is 0.914. The van der Waals surface area contributed by atoms with Gasteiger partial charge >= 0.3 is 0 Å². The highest BCUT2D eigenvalue weighted by molar-refractivity contribution is 7.89. The van der Waals surface area contributed by atoms with Gasteiger partial charge in [-0.15, -0.1) is 0 Å². The van der Waals surface area contributed by atoms with Crippen LogP contribution in [0.2, 0.25) is 5.02 Å². The van der Waals surface area contributed by atoms with Crippen LogP contribution in [-0.4, -0.2) is 37.0 Å². The molecule has 0 aliphatic carbocycles. The van der Waals surface area contributed by atoms with Crippen LogP contribution in [0.1, 0.15) is 18.4 Å². The van der Waals surface area contributed by atoms with Crippen molar-refractivity contribution in [3.8, 4) is 6.07 Å². The van der Waals surface area contributed by atoms with Crippen LogP contribution < -0.4 is 0 Å². The molecule has 1 N–H and O–H groups in total. The zero-order chi connectivity index (χ0) is 14.0. The van der Waals surface area contributed by atoms with Crippen molar-refractivity contribution in [3.05, 3.63) is 28.8 Å². The first-order valence-electron chi connectivity index (χ1n) is 5.83. The van der Waals surface area contributed by atoms with E-state index in [0.29, 0.717) is 19.4 Å². The van der Waals surface area contributed by atoms with Gasteiger partial charge < -0.3 is 5.11 Å². The fourth-order valence-corrected chi connectivity index (χ4v) is 4.33. The average Bonchev–Trinajstić information content (AvgIpc) is 2.87. The van der Waals surface area contributed by atoms with Crippen molar-refractivity contribution in [2.75, 3.05) is 13.2 Å². The summed E-state index contributed by atoms with van der Waals surface area (Å²) in [6.07, 6.45) is 1.32. The molecule has 1 fully saturated rings. The second kappa shape index (κ2) is 5.47. The molecule has 0 saturated carbocycles. The lowest BCUT2D eigenvalue weighted by Crippen LogP contribution is -2.37. The number of hydrogen-bond acceptors (Lipinski definition) is 4. The van der Waals surface area contributed by atoms with E-state index in [1.54, 1.807) is 0 Å². The molecule has 0 amide bonds. The van der Waals surface area contributed by atoms with Gasteiger partial charge in [0.15, 0.2) is 0 Å². The third-order valence-electron chi connectivity index (χ3n) is 3.18. The molecule has 1 aromatic rings. The van der Waals surface area contributed by atoms with Gasteiger partial charge in [-0.25, -0.2) is 8.42 Å². The van der Waals surface area contributed by atoms with Gasteiger partial charge in [-0.3, -0.25) is 0 Å². The van der Waals surface area contributed by atoms with E-state index >= 15 is 0 Å². The predicted octanol–water partition coefficient (Wildman–Crippen LogP) is 1.36. The van der Waals surface area contributed by atoms with Gasteiger partial charge in [0.1, 0.15) is 11.0 Å². The molecular weight excluding hydrogens is 288 g/mol. The molecule has 0 spiro atoms. The van der Waals surface area contributed by atoms with E-state index in [1.165, 1.54) is 22.5 Å². The number of aliphatic hydroxyl groups is 1. The highest BCUT2D eigenvalue weighted by Gasteiger charge is 2.36. The van der Waals surface area contributed by atoms with Crippen LogP contribution in [0, 0.1) is 11.3 Å². The van der Waals surface area contributed by atoms with Gasteiger partial charge in [0.25, 0.3) is 0 Å². The second-order valence-corrected chi connectivity index (χ2v) is 6.64. The lowest BCUT2D eigenvalue weighted by Gasteiger charge is -2.22. The molecule has 0 radical (unpaired) electrons. The predicted molar refractivity (Wildman–Crippen MR) is 70.2 cm³/mol. The summed E-state index contributed by atoms with van der Waals surface area (Å²) in [7, 11) is -3.80. The van der Waals surface area contributed by atoms with E-state index in [2.05, 4.69) is 0 Å². The van der Waals surface area contributed by atoms with Gasteiger partial charge in [0, 0.05) is 17.6 Å². The van der Waals surface area contributed by atoms with Crippen molar-refractivity contribution >= 4 is 21.6 Å². The van der Waals surface area contributed by atoms with E-state index < -0.39 is 16.1 Å². The topological polar surface area (TPSA) is 81.4 Å². The van der Waals surface area contributed by atoms with Gasteiger partial charge in [-0.2, -0.15) is 9.57 Å². The van der Waals surface area contributed by atoms with Crippen LogP contribution >= 0.6 is 11.6 Å². The zero-order valence-corrected chi connectivity index (χ0v) is 11.7. The van der Waals surface area contributed by atoms with Crippen LogP contribution in [0.15, 0.2) is 23.1 Å². The lowest BCUT2D eigenvalue weighted by molar-refractivity contribution is 0.213. The minimum atomic E-state index is -3.80. The first-order valence-corrected chi connectivity index (χ1v) is 7.65. The van der Waals surface area contributed by atoms with Crippen molar-refractivity contribution in [3.63, 3.8) is 0 Å². The van der Waals surface area contributed by atoms with Crippen molar-refractivity contribution in [2.45, 2.75) is 23.8 Å². The highest BCUT2D eigenvalue weighted by atomic mass is 35.5. The molecular formula is C12H13ClN2O3S. The Morgan fingerprint density at radius 1 is 1.53 bits per heavy atom. The maximum atomic E-state index is 12.5.